The summed E-state index contributed by atoms with van der Waals surface area (Å²) >= 11 is 0. The molecule has 0 fully saturated rings. The molecule has 0 radical (unpaired) electrons. The third-order valence-electron chi connectivity index (χ3n) is 4.19. The Kier molecular flexibility index (Phi) is 7.99. The van der Waals surface area contributed by atoms with Crippen LogP contribution in [0.3, 0.4) is 0 Å². The van der Waals surface area contributed by atoms with Crippen LogP contribution in [0.5, 0.6) is 11.5 Å². The van der Waals surface area contributed by atoms with Crippen LogP contribution in [0.1, 0.15) is 33.2 Å². The van der Waals surface area contributed by atoms with Crippen LogP contribution >= 0.6 is 0 Å². The molecule has 2 aromatic rings. The van der Waals surface area contributed by atoms with Gasteiger partial charge in [0.1, 0.15) is 5.56 Å². The molecule has 0 saturated carbocycles. The zero-order valence-electron chi connectivity index (χ0n) is 17.1. The summed E-state index contributed by atoms with van der Waals surface area (Å²) < 4.78 is 48.1. The maximum absolute atomic E-state index is 12.6. The smallest absolute Gasteiger partial charge is 0.416 e. The van der Waals surface area contributed by atoms with Gasteiger partial charge in [-0.2, -0.15) is 13.2 Å². The number of carbonyl (C=O) groups is 2. The van der Waals surface area contributed by atoms with E-state index in [2.05, 4.69) is 10.6 Å². The summed E-state index contributed by atoms with van der Waals surface area (Å²) in [6.07, 6.45) is -4.51. The number of amides is 2. The summed E-state index contributed by atoms with van der Waals surface area (Å²) in [5.74, 6) is -1.16. The molecule has 0 unspecified atom stereocenters. The standard InChI is InChI=1S/C20H20F3N3O6/c1-3-32-17-10-14(15(26(29)30)11-16(17)31-2)19(28)25-9-8-24-18(27)12-4-6-13(7-5-12)20(21,22)23/h4-7,10-11H,3,8-9H2,1-2H3,(H,24,27)(H,25,28). The van der Waals surface area contributed by atoms with Crippen molar-refractivity contribution in [1.82, 2.24) is 10.6 Å². The van der Waals surface area contributed by atoms with Crippen molar-refractivity contribution in [3.8, 4) is 11.5 Å². The van der Waals surface area contributed by atoms with E-state index >= 15 is 0 Å². The predicted molar refractivity (Wildman–Crippen MR) is 107 cm³/mol. The molecule has 0 aromatic heterocycles. The summed E-state index contributed by atoms with van der Waals surface area (Å²) in [7, 11) is 1.31. The number of hydrogen-bond acceptors (Lipinski definition) is 6. The van der Waals surface area contributed by atoms with Gasteiger partial charge in [-0.3, -0.25) is 19.7 Å². The van der Waals surface area contributed by atoms with Crippen molar-refractivity contribution in [1.29, 1.82) is 0 Å². The Balaban J connectivity index is 2.00. The summed E-state index contributed by atoms with van der Waals surface area (Å²) in [4.78, 5) is 35.1. The highest BCUT2D eigenvalue weighted by atomic mass is 19.4. The first-order chi connectivity index (χ1) is 15.1. The van der Waals surface area contributed by atoms with Crippen LogP contribution in [0, 0.1) is 10.1 Å². The minimum absolute atomic E-state index is 0.0106. The number of methoxy groups -OCH3 is 1. The molecule has 2 aromatic carbocycles. The molecule has 12 heteroatoms. The first-order valence-corrected chi connectivity index (χ1v) is 9.31. The first kappa shape index (κ1) is 24.4. The molecule has 172 valence electrons. The number of halogens is 3. The number of nitrogens with zero attached hydrogens (tertiary/aromatic N) is 1. The second-order valence-corrected chi connectivity index (χ2v) is 6.30. The molecule has 0 bridgehead atoms. The van der Waals surface area contributed by atoms with Crippen molar-refractivity contribution < 1.29 is 37.2 Å². The van der Waals surface area contributed by atoms with E-state index in [1.165, 1.54) is 13.2 Å². The van der Waals surface area contributed by atoms with Gasteiger partial charge in [-0.1, -0.05) is 0 Å². The van der Waals surface area contributed by atoms with Crippen molar-refractivity contribution in [3.05, 3.63) is 63.2 Å². The van der Waals surface area contributed by atoms with Gasteiger partial charge in [-0.15, -0.1) is 0 Å². The summed E-state index contributed by atoms with van der Waals surface area (Å²) in [5.41, 5.74) is -1.62. The van der Waals surface area contributed by atoms with E-state index in [0.29, 0.717) is 0 Å². The average molecular weight is 455 g/mol. The van der Waals surface area contributed by atoms with E-state index in [4.69, 9.17) is 9.47 Å². The van der Waals surface area contributed by atoms with E-state index in [-0.39, 0.29) is 42.3 Å². The summed E-state index contributed by atoms with van der Waals surface area (Å²) in [6, 6.07) is 5.91. The Morgan fingerprint density at radius 3 is 2.12 bits per heavy atom. The number of hydrogen-bond donors (Lipinski definition) is 2. The molecule has 0 saturated heterocycles. The van der Waals surface area contributed by atoms with Gasteiger partial charge in [0, 0.05) is 24.7 Å². The first-order valence-electron chi connectivity index (χ1n) is 9.31. The van der Waals surface area contributed by atoms with E-state index in [1.54, 1.807) is 6.92 Å². The molecule has 0 aliphatic rings. The Morgan fingerprint density at radius 1 is 1.03 bits per heavy atom. The molecule has 2 amide bonds. The topological polar surface area (TPSA) is 120 Å². The van der Waals surface area contributed by atoms with E-state index in [1.807, 2.05) is 0 Å². The predicted octanol–water partition coefficient (Wildman–Crippen LogP) is 3.18. The largest absolute Gasteiger partial charge is 0.493 e. The lowest BCUT2D eigenvalue weighted by molar-refractivity contribution is -0.385. The fourth-order valence-corrected chi connectivity index (χ4v) is 2.67. The monoisotopic (exact) mass is 455 g/mol. The number of rotatable bonds is 9. The molecule has 0 aliphatic carbocycles. The normalized spacial score (nSPS) is 10.9. The maximum Gasteiger partial charge on any atom is 0.416 e. The van der Waals surface area contributed by atoms with Crippen LogP contribution < -0.4 is 20.1 Å². The minimum Gasteiger partial charge on any atom is -0.493 e. The number of benzene rings is 2. The molecule has 9 nitrogen and oxygen atoms in total. The lowest BCUT2D eigenvalue weighted by atomic mass is 10.1. The van der Waals surface area contributed by atoms with Crippen LogP contribution in [0.25, 0.3) is 0 Å². The van der Waals surface area contributed by atoms with Gasteiger partial charge in [0.05, 0.1) is 30.3 Å². The van der Waals surface area contributed by atoms with Crippen molar-refractivity contribution in [2.75, 3.05) is 26.8 Å². The zero-order valence-corrected chi connectivity index (χ0v) is 17.1. The fourth-order valence-electron chi connectivity index (χ4n) is 2.67. The van der Waals surface area contributed by atoms with Gasteiger partial charge in [-0.25, -0.2) is 0 Å². The van der Waals surface area contributed by atoms with E-state index in [9.17, 15) is 32.9 Å². The Labute approximate surface area is 180 Å². The third-order valence-corrected chi connectivity index (χ3v) is 4.19. The number of alkyl halides is 3. The van der Waals surface area contributed by atoms with Gasteiger partial charge in [0.2, 0.25) is 0 Å². The fraction of sp³-hybridized carbons (Fsp3) is 0.300. The lowest BCUT2D eigenvalue weighted by Gasteiger charge is -2.12. The van der Waals surface area contributed by atoms with Crippen LogP contribution in [-0.2, 0) is 6.18 Å². The molecule has 0 heterocycles. The molecule has 0 spiro atoms. The number of ether oxygens (including phenoxy) is 2. The average Bonchev–Trinajstić information content (AvgIpc) is 2.75. The highest BCUT2D eigenvalue weighted by Gasteiger charge is 2.30. The van der Waals surface area contributed by atoms with Crippen molar-refractivity contribution in [3.63, 3.8) is 0 Å². The second-order valence-electron chi connectivity index (χ2n) is 6.30. The minimum atomic E-state index is -4.51. The van der Waals surface area contributed by atoms with Gasteiger partial charge in [0.15, 0.2) is 11.5 Å². The number of carbonyl (C=O) groups excluding carboxylic acids is 2. The molecule has 0 atom stereocenters. The number of nitro groups is 1. The molecular weight excluding hydrogens is 435 g/mol. The Bertz CT molecular complexity index is 993. The van der Waals surface area contributed by atoms with Gasteiger partial charge >= 0.3 is 6.18 Å². The van der Waals surface area contributed by atoms with Crippen LogP contribution in [-0.4, -0.2) is 43.5 Å². The Hall–Kier alpha value is -3.83. The lowest BCUT2D eigenvalue weighted by Crippen LogP contribution is -2.35. The zero-order chi connectivity index (χ0) is 23.9. The van der Waals surface area contributed by atoms with Gasteiger partial charge in [0.25, 0.3) is 17.5 Å². The highest BCUT2D eigenvalue weighted by Crippen LogP contribution is 2.34. The molecule has 32 heavy (non-hydrogen) atoms. The molecule has 2 rings (SSSR count). The molecule has 2 N–H and O–H groups in total. The van der Waals surface area contributed by atoms with Crippen LogP contribution in [0.4, 0.5) is 18.9 Å². The quantitative estimate of drug-likeness (QED) is 0.341. The third kappa shape index (κ3) is 6.09. The molecular formula is C20H20F3N3O6. The summed E-state index contributed by atoms with van der Waals surface area (Å²) in [5, 5.41) is 16.2. The van der Waals surface area contributed by atoms with Crippen LogP contribution in [0.15, 0.2) is 36.4 Å². The SMILES string of the molecule is CCOc1cc(C(=O)NCCNC(=O)c2ccc(C(F)(F)F)cc2)c([N+](=O)[O-])cc1OC. The van der Waals surface area contributed by atoms with Crippen LogP contribution in [0.2, 0.25) is 0 Å². The second kappa shape index (κ2) is 10.5. The van der Waals surface area contributed by atoms with Gasteiger partial charge in [-0.05, 0) is 31.2 Å². The van der Waals surface area contributed by atoms with Gasteiger partial charge < -0.3 is 20.1 Å². The van der Waals surface area contributed by atoms with Crippen molar-refractivity contribution in [2.24, 2.45) is 0 Å². The number of nitro benzene ring substituents is 1. The summed E-state index contributed by atoms with van der Waals surface area (Å²) in [6.45, 7) is 1.79. The number of nitrogens with one attached hydrogen (secondary N) is 2. The van der Waals surface area contributed by atoms with E-state index in [0.717, 1.165) is 30.3 Å². The van der Waals surface area contributed by atoms with E-state index < -0.39 is 34.2 Å². The van der Waals surface area contributed by atoms with Crippen molar-refractivity contribution in [2.45, 2.75) is 13.1 Å². The van der Waals surface area contributed by atoms with Crippen molar-refractivity contribution >= 4 is 17.5 Å². The maximum atomic E-state index is 12.6. The highest BCUT2D eigenvalue weighted by molar-refractivity contribution is 5.99. The Morgan fingerprint density at radius 2 is 1.62 bits per heavy atom. The molecule has 0 aliphatic heterocycles.